The van der Waals surface area contributed by atoms with Crippen molar-refractivity contribution in [1.29, 1.82) is 0 Å². The van der Waals surface area contributed by atoms with Gasteiger partial charge in [-0.05, 0) is 49.9 Å². The number of hydrogen-bond acceptors (Lipinski definition) is 4. The van der Waals surface area contributed by atoms with E-state index in [4.69, 9.17) is 9.05 Å². The van der Waals surface area contributed by atoms with Crippen molar-refractivity contribution in [3.05, 3.63) is 33.8 Å². The third kappa shape index (κ3) is 3.46. The van der Waals surface area contributed by atoms with Gasteiger partial charge in [0.25, 0.3) is 0 Å². The Bertz CT molecular complexity index is 594. The molecule has 0 amide bonds. The molecule has 122 valence electrons. The Kier molecular flexibility index (Phi) is 5.83. The number of aryl methyl sites for hydroxylation is 1. The summed E-state index contributed by atoms with van der Waals surface area (Å²) in [5, 5.41) is 9.66. The van der Waals surface area contributed by atoms with Crippen LogP contribution in [0.25, 0.3) is 0 Å². The SMILES string of the molecule is CCOP(=O)(OCC)C(C(=O)O)C1CCc2cc(Br)ccc21. The third-order valence-corrected chi connectivity index (χ3v) is 6.81. The van der Waals surface area contributed by atoms with Crippen LogP contribution in [0.2, 0.25) is 0 Å². The van der Waals surface area contributed by atoms with E-state index in [1.54, 1.807) is 13.8 Å². The first-order valence-electron chi connectivity index (χ1n) is 7.32. The molecule has 0 spiro atoms. The minimum Gasteiger partial charge on any atom is -0.481 e. The summed E-state index contributed by atoms with van der Waals surface area (Å²) >= 11 is 3.42. The fourth-order valence-corrected chi connectivity index (χ4v) is 5.58. The van der Waals surface area contributed by atoms with E-state index in [0.29, 0.717) is 6.42 Å². The van der Waals surface area contributed by atoms with E-state index < -0.39 is 19.2 Å². The van der Waals surface area contributed by atoms with Gasteiger partial charge >= 0.3 is 13.6 Å². The fourth-order valence-electron chi connectivity index (χ4n) is 3.03. The highest BCUT2D eigenvalue weighted by molar-refractivity contribution is 9.10. The Labute approximate surface area is 138 Å². The van der Waals surface area contributed by atoms with Crippen LogP contribution in [0.15, 0.2) is 22.7 Å². The number of fused-ring (bicyclic) bond motifs is 1. The van der Waals surface area contributed by atoms with Gasteiger partial charge in [-0.1, -0.05) is 22.0 Å². The maximum absolute atomic E-state index is 13.0. The molecule has 1 aromatic carbocycles. The van der Waals surface area contributed by atoms with E-state index >= 15 is 0 Å². The maximum Gasteiger partial charge on any atom is 0.345 e. The Morgan fingerprint density at radius 1 is 1.41 bits per heavy atom. The lowest BCUT2D eigenvalue weighted by Gasteiger charge is -2.28. The molecule has 0 saturated heterocycles. The highest BCUT2D eigenvalue weighted by Crippen LogP contribution is 2.59. The van der Waals surface area contributed by atoms with Crippen LogP contribution in [0.3, 0.4) is 0 Å². The number of carboxylic acid groups (broad SMARTS) is 1. The lowest BCUT2D eigenvalue weighted by atomic mass is 9.97. The molecular formula is C15H20BrO5P. The topological polar surface area (TPSA) is 72.8 Å². The van der Waals surface area contributed by atoms with Crippen LogP contribution < -0.4 is 0 Å². The first kappa shape index (κ1) is 17.7. The summed E-state index contributed by atoms with van der Waals surface area (Å²) in [6.07, 6.45) is 1.40. The van der Waals surface area contributed by atoms with Crippen LogP contribution in [0, 0.1) is 0 Å². The fraction of sp³-hybridized carbons (Fsp3) is 0.533. The first-order valence-corrected chi connectivity index (χ1v) is 9.73. The standard InChI is InChI=1S/C15H20BrO5P/c1-3-20-22(19,21-4-2)14(15(17)18)13-7-5-10-9-11(16)6-8-12(10)13/h6,8-9,13-14H,3-5,7H2,1-2H3,(H,17,18). The smallest absolute Gasteiger partial charge is 0.345 e. The molecule has 1 aliphatic carbocycles. The second kappa shape index (κ2) is 7.26. The summed E-state index contributed by atoms with van der Waals surface area (Å²) in [7, 11) is -3.71. The van der Waals surface area contributed by atoms with Crippen LogP contribution in [0.5, 0.6) is 0 Å². The highest BCUT2D eigenvalue weighted by Gasteiger charge is 2.48. The molecule has 1 N–H and O–H groups in total. The van der Waals surface area contributed by atoms with E-state index in [1.165, 1.54) is 0 Å². The molecule has 2 atom stereocenters. The van der Waals surface area contributed by atoms with Crippen LogP contribution in [0.1, 0.15) is 37.3 Å². The Hall–Kier alpha value is -0.680. The number of carboxylic acids is 1. The van der Waals surface area contributed by atoms with Gasteiger partial charge in [0.15, 0.2) is 5.66 Å². The van der Waals surface area contributed by atoms with Gasteiger partial charge < -0.3 is 14.2 Å². The number of rotatable bonds is 7. The van der Waals surface area contributed by atoms with Crippen LogP contribution in [0.4, 0.5) is 0 Å². The first-order chi connectivity index (χ1) is 10.4. The van der Waals surface area contributed by atoms with Gasteiger partial charge in [-0.2, -0.15) is 0 Å². The van der Waals surface area contributed by atoms with Crippen molar-refractivity contribution in [2.75, 3.05) is 13.2 Å². The van der Waals surface area contributed by atoms with Gasteiger partial charge in [-0.15, -0.1) is 0 Å². The number of benzene rings is 1. The predicted molar refractivity (Wildman–Crippen MR) is 87.5 cm³/mol. The zero-order valence-corrected chi connectivity index (χ0v) is 15.1. The number of hydrogen-bond donors (Lipinski definition) is 1. The lowest BCUT2D eigenvalue weighted by Crippen LogP contribution is -2.29. The van der Waals surface area contributed by atoms with Crippen molar-refractivity contribution in [1.82, 2.24) is 0 Å². The average molecular weight is 391 g/mol. The van der Waals surface area contributed by atoms with Gasteiger partial charge in [0, 0.05) is 10.4 Å². The van der Waals surface area contributed by atoms with Gasteiger partial charge in [0.05, 0.1) is 13.2 Å². The number of halogens is 1. The molecular weight excluding hydrogens is 371 g/mol. The van der Waals surface area contributed by atoms with E-state index in [9.17, 15) is 14.5 Å². The van der Waals surface area contributed by atoms with Crippen molar-refractivity contribution >= 4 is 29.5 Å². The number of carbonyl (C=O) groups is 1. The van der Waals surface area contributed by atoms with Crippen molar-refractivity contribution in [2.24, 2.45) is 0 Å². The van der Waals surface area contributed by atoms with Gasteiger partial charge in [0.1, 0.15) is 0 Å². The van der Waals surface area contributed by atoms with Gasteiger partial charge in [0.2, 0.25) is 0 Å². The molecule has 1 aliphatic rings. The van der Waals surface area contributed by atoms with Crippen molar-refractivity contribution in [3.8, 4) is 0 Å². The Morgan fingerprint density at radius 2 is 2.05 bits per heavy atom. The van der Waals surface area contributed by atoms with E-state index in [0.717, 1.165) is 22.0 Å². The minimum absolute atomic E-state index is 0.154. The van der Waals surface area contributed by atoms with Crippen molar-refractivity contribution in [2.45, 2.75) is 38.3 Å². The van der Waals surface area contributed by atoms with Gasteiger partial charge in [-0.25, -0.2) is 0 Å². The zero-order chi connectivity index (χ0) is 16.3. The molecule has 0 aromatic heterocycles. The lowest BCUT2D eigenvalue weighted by molar-refractivity contribution is -0.137. The molecule has 2 unspecified atom stereocenters. The number of aliphatic carboxylic acids is 1. The molecule has 0 fully saturated rings. The molecule has 0 saturated carbocycles. The summed E-state index contributed by atoms with van der Waals surface area (Å²) < 4.78 is 24.5. The van der Waals surface area contributed by atoms with Crippen molar-refractivity contribution < 1.29 is 23.5 Å². The van der Waals surface area contributed by atoms with Crippen molar-refractivity contribution in [3.63, 3.8) is 0 Å². The average Bonchev–Trinajstić information content (AvgIpc) is 2.81. The summed E-state index contributed by atoms with van der Waals surface area (Å²) in [6, 6.07) is 5.76. The summed E-state index contributed by atoms with van der Waals surface area (Å²) in [6.45, 7) is 3.68. The molecule has 0 radical (unpaired) electrons. The second-order valence-corrected chi connectivity index (χ2v) is 8.21. The largest absolute Gasteiger partial charge is 0.481 e. The molecule has 0 aliphatic heterocycles. The highest BCUT2D eigenvalue weighted by atomic mass is 79.9. The van der Waals surface area contributed by atoms with Crippen LogP contribution in [-0.4, -0.2) is 29.9 Å². The second-order valence-electron chi connectivity index (χ2n) is 5.15. The molecule has 7 heteroatoms. The van der Waals surface area contributed by atoms with E-state index in [1.807, 2.05) is 18.2 Å². The molecule has 0 bridgehead atoms. The Morgan fingerprint density at radius 3 is 2.59 bits per heavy atom. The third-order valence-electron chi connectivity index (χ3n) is 3.82. The molecule has 0 heterocycles. The minimum atomic E-state index is -3.71. The van der Waals surface area contributed by atoms with Crippen LogP contribution >= 0.6 is 23.5 Å². The van der Waals surface area contributed by atoms with E-state index in [2.05, 4.69) is 15.9 Å². The van der Waals surface area contributed by atoms with Crippen LogP contribution in [-0.2, 0) is 24.8 Å². The van der Waals surface area contributed by atoms with Gasteiger partial charge in [-0.3, -0.25) is 9.36 Å². The molecule has 5 nitrogen and oxygen atoms in total. The summed E-state index contributed by atoms with van der Waals surface area (Å²) in [5.74, 6) is -1.49. The molecule has 1 aromatic rings. The predicted octanol–water partition coefficient (Wildman–Crippen LogP) is 4.20. The normalized spacial score (nSPS) is 19.0. The molecule has 22 heavy (non-hydrogen) atoms. The Balaban J connectivity index is 2.42. The molecule has 2 rings (SSSR count). The maximum atomic E-state index is 13.0. The summed E-state index contributed by atoms with van der Waals surface area (Å²) in [4.78, 5) is 11.8. The van der Waals surface area contributed by atoms with E-state index in [-0.39, 0.29) is 19.1 Å². The monoisotopic (exact) mass is 390 g/mol. The summed E-state index contributed by atoms with van der Waals surface area (Å²) in [5.41, 5.74) is 0.843. The quantitative estimate of drug-likeness (QED) is 0.706. The zero-order valence-electron chi connectivity index (χ0n) is 12.6.